The van der Waals surface area contributed by atoms with Crippen LogP contribution < -0.4 is 0 Å². The highest BCUT2D eigenvalue weighted by molar-refractivity contribution is 6.30. The van der Waals surface area contributed by atoms with E-state index >= 15 is 0 Å². The van der Waals surface area contributed by atoms with Gasteiger partial charge in [-0.3, -0.25) is 9.88 Å². The fourth-order valence-corrected chi connectivity index (χ4v) is 3.95. The number of hydrogen-bond donors (Lipinski definition) is 0. The maximum Gasteiger partial charge on any atom is 0.127 e. The first-order valence-corrected chi connectivity index (χ1v) is 10.3. The van der Waals surface area contributed by atoms with Gasteiger partial charge in [0.2, 0.25) is 0 Å². The van der Waals surface area contributed by atoms with Crippen LogP contribution in [0.3, 0.4) is 0 Å². The average Bonchev–Trinajstić information content (AvgIpc) is 3.19. The Morgan fingerprint density at radius 3 is 2.57 bits per heavy atom. The summed E-state index contributed by atoms with van der Waals surface area (Å²) in [5.74, 6) is 0.901. The SMILES string of the molecule is CCc1ncc(CN2CCCC2c2cccc(Cc3ccc(Cl)cc3)n2)cn1. The van der Waals surface area contributed by atoms with Crippen LogP contribution in [0.4, 0.5) is 0 Å². The molecule has 3 heterocycles. The van der Waals surface area contributed by atoms with Gasteiger partial charge in [0.15, 0.2) is 0 Å². The van der Waals surface area contributed by atoms with Gasteiger partial charge in [0.1, 0.15) is 5.82 Å². The summed E-state index contributed by atoms with van der Waals surface area (Å²) in [7, 11) is 0. The molecular weight excluding hydrogens is 368 g/mol. The number of rotatable bonds is 6. The van der Waals surface area contributed by atoms with E-state index in [1.165, 1.54) is 17.5 Å². The molecule has 4 nitrogen and oxygen atoms in total. The molecule has 1 aliphatic heterocycles. The molecule has 1 atom stereocenters. The molecule has 0 amide bonds. The number of benzene rings is 1. The largest absolute Gasteiger partial charge is 0.290 e. The molecule has 0 aliphatic carbocycles. The molecule has 28 heavy (non-hydrogen) atoms. The molecule has 3 aromatic rings. The van der Waals surface area contributed by atoms with E-state index in [-0.39, 0.29) is 0 Å². The number of halogens is 1. The van der Waals surface area contributed by atoms with Crippen molar-refractivity contribution in [3.05, 3.63) is 88.2 Å². The lowest BCUT2D eigenvalue weighted by atomic mass is 10.1. The molecule has 1 aromatic carbocycles. The Morgan fingerprint density at radius 2 is 1.82 bits per heavy atom. The lowest BCUT2D eigenvalue weighted by Gasteiger charge is -2.24. The highest BCUT2D eigenvalue weighted by Crippen LogP contribution is 2.32. The first-order valence-electron chi connectivity index (χ1n) is 9.95. The molecule has 0 bridgehead atoms. The van der Waals surface area contributed by atoms with Crippen LogP contribution in [0.25, 0.3) is 0 Å². The van der Waals surface area contributed by atoms with Gasteiger partial charge in [-0.25, -0.2) is 9.97 Å². The van der Waals surface area contributed by atoms with Gasteiger partial charge in [-0.2, -0.15) is 0 Å². The van der Waals surface area contributed by atoms with Crippen LogP contribution in [0.2, 0.25) is 5.02 Å². The number of nitrogens with zero attached hydrogens (tertiary/aromatic N) is 4. The van der Waals surface area contributed by atoms with E-state index in [0.29, 0.717) is 6.04 Å². The zero-order chi connectivity index (χ0) is 19.3. The fourth-order valence-electron chi connectivity index (χ4n) is 3.82. The highest BCUT2D eigenvalue weighted by Gasteiger charge is 2.27. The Bertz CT molecular complexity index is 909. The minimum Gasteiger partial charge on any atom is -0.290 e. The summed E-state index contributed by atoms with van der Waals surface area (Å²) in [5.41, 5.74) is 4.66. The molecule has 1 saturated heterocycles. The average molecular weight is 393 g/mol. The molecule has 2 aromatic heterocycles. The highest BCUT2D eigenvalue weighted by atomic mass is 35.5. The van der Waals surface area contributed by atoms with Gasteiger partial charge in [0.05, 0.1) is 11.7 Å². The molecule has 0 saturated carbocycles. The van der Waals surface area contributed by atoms with Crippen LogP contribution in [-0.4, -0.2) is 26.4 Å². The van der Waals surface area contributed by atoms with Crippen LogP contribution in [0, 0.1) is 0 Å². The van der Waals surface area contributed by atoms with Crippen LogP contribution in [0.15, 0.2) is 54.9 Å². The van der Waals surface area contributed by atoms with Crippen molar-refractivity contribution in [2.75, 3.05) is 6.54 Å². The maximum absolute atomic E-state index is 6.00. The van der Waals surface area contributed by atoms with Crippen LogP contribution in [0.1, 0.15) is 54.1 Å². The summed E-state index contributed by atoms with van der Waals surface area (Å²) in [6, 6.07) is 14.8. The van der Waals surface area contributed by atoms with Gasteiger partial charge in [0, 0.05) is 48.1 Å². The number of hydrogen-bond acceptors (Lipinski definition) is 4. The van der Waals surface area contributed by atoms with Crippen LogP contribution in [0.5, 0.6) is 0 Å². The third-order valence-electron chi connectivity index (χ3n) is 5.29. The molecule has 1 unspecified atom stereocenters. The molecule has 4 rings (SSSR count). The van der Waals surface area contributed by atoms with Gasteiger partial charge >= 0.3 is 0 Å². The number of aromatic nitrogens is 3. The summed E-state index contributed by atoms with van der Waals surface area (Å²) in [6.45, 7) is 4.04. The van der Waals surface area contributed by atoms with Gasteiger partial charge in [-0.05, 0) is 49.2 Å². The Labute approximate surface area is 171 Å². The first-order chi connectivity index (χ1) is 13.7. The predicted molar refractivity (Wildman–Crippen MR) is 112 cm³/mol. The van der Waals surface area contributed by atoms with Crippen molar-refractivity contribution in [2.24, 2.45) is 0 Å². The van der Waals surface area contributed by atoms with Gasteiger partial charge in [-0.1, -0.05) is 36.7 Å². The number of aryl methyl sites for hydroxylation is 1. The van der Waals surface area contributed by atoms with Crippen molar-refractivity contribution in [1.29, 1.82) is 0 Å². The Morgan fingerprint density at radius 1 is 1.04 bits per heavy atom. The van der Waals surface area contributed by atoms with E-state index in [9.17, 15) is 0 Å². The van der Waals surface area contributed by atoms with Crippen molar-refractivity contribution in [3.63, 3.8) is 0 Å². The lowest BCUT2D eigenvalue weighted by molar-refractivity contribution is 0.243. The van der Waals surface area contributed by atoms with Crippen molar-refractivity contribution in [2.45, 2.75) is 45.2 Å². The van der Waals surface area contributed by atoms with Crippen LogP contribution >= 0.6 is 11.6 Å². The smallest absolute Gasteiger partial charge is 0.127 e. The summed E-state index contributed by atoms with van der Waals surface area (Å²) >= 11 is 6.00. The predicted octanol–water partition coefficient (Wildman–Crippen LogP) is 5.02. The minimum absolute atomic E-state index is 0.357. The van der Waals surface area contributed by atoms with E-state index in [4.69, 9.17) is 16.6 Å². The summed E-state index contributed by atoms with van der Waals surface area (Å²) in [5, 5.41) is 0.767. The topological polar surface area (TPSA) is 41.9 Å². The summed E-state index contributed by atoms with van der Waals surface area (Å²) < 4.78 is 0. The second-order valence-electron chi connectivity index (χ2n) is 7.35. The molecule has 0 N–H and O–H groups in total. The Hall–Kier alpha value is -2.30. The second kappa shape index (κ2) is 8.80. The fraction of sp³-hybridized carbons (Fsp3) is 0.348. The molecule has 1 aliphatic rings. The number of pyridine rings is 1. The molecule has 144 valence electrons. The summed E-state index contributed by atoms with van der Waals surface area (Å²) in [4.78, 5) is 16.4. The third kappa shape index (κ3) is 4.57. The van der Waals surface area contributed by atoms with E-state index in [0.717, 1.165) is 54.6 Å². The maximum atomic E-state index is 6.00. The van der Waals surface area contributed by atoms with Crippen molar-refractivity contribution < 1.29 is 0 Å². The van der Waals surface area contributed by atoms with E-state index < -0.39 is 0 Å². The zero-order valence-corrected chi connectivity index (χ0v) is 16.9. The first kappa shape index (κ1) is 19.0. The van der Waals surface area contributed by atoms with Crippen LogP contribution in [-0.2, 0) is 19.4 Å². The van der Waals surface area contributed by atoms with Gasteiger partial charge in [-0.15, -0.1) is 0 Å². The Kier molecular flexibility index (Phi) is 5.98. The zero-order valence-electron chi connectivity index (χ0n) is 16.2. The van der Waals surface area contributed by atoms with Crippen molar-refractivity contribution in [3.8, 4) is 0 Å². The quantitative estimate of drug-likeness (QED) is 0.591. The minimum atomic E-state index is 0.357. The number of likely N-dealkylation sites (tertiary alicyclic amines) is 1. The standard InChI is InChI=1S/C23H25ClN4/c1-2-23-25-14-18(15-26-23)16-28-12-4-7-22(28)21-6-3-5-20(27-21)13-17-8-10-19(24)11-9-17/h3,5-6,8-11,14-15,22H,2,4,7,12-13,16H2,1H3. The van der Waals surface area contributed by atoms with E-state index in [1.807, 2.05) is 24.5 Å². The van der Waals surface area contributed by atoms with E-state index in [1.54, 1.807) is 0 Å². The normalized spacial score (nSPS) is 17.1. The molecule has 0 spiro atoms. The van der Waals surface area contributed by atoms with E-state index in [2.05, 4.69) is 52.1 Å². The monoisotopic (exact) mass is 392 g/mol. The molecule has 5 heteroatoms. The Balaban J connectivity index is 1.48. The van der Waals surface area contributed by atoms with Crippen molar-refractivity contribution >= 4 is 11.6 Å². The molecule has 0 radical (unpaired) electrons. The van der Waals surface area contributed by atoms with Gasteiger partial charge in [0.25, 0.3) is 0 Å². The molecular formula is C23H25ClN4. The lowest BCUT2D eigenvalue weighted by Crippen LogP contribution is -2.24. The summed E-state index contributed by atoms with van der Waals surface area (Å²) in [6.07, 6.45) is 7.96. The third-order valence-corrected chi connectivity index (χ3v) is 5.54. The molecule has 1 fully saturated rings. The van der Waals surface area contributed by atoms with Gasteiger partial charge < -0.3 is 0 Å². The van der Waals surface area contributed by atoms with Crippen molar-refractivity contribution in [1.82, 2.24) is 19.9 Å². The second-order valence-corrected chi connectivity index (χ2v) is 7.78.